The molecule has 2 rings (SSSR count). The van der Waals surface area contributed by atoms with Gasteiger partial charge in [-0.05, 0) is 18.3 Å². The van der Waals surface area contributed by atoms with Gasteiger partial charge in [0.2, 0.25) is 0 Å². The summed E-state index contributed by atoms with van der Waals surface area (Å²) < 4.78 is 0. The van der Waals surface area contributed by atoms with E-state index >= 15 is 0 Å². The molecule has 0 bridgehead atoms. The van der Waals surface area contributed by atoms with Crippen molar-refractivity contribution in [1.82, 2.24) is 0 Å². The molecule has 0 radical (unpaired) electrons. The maximum atomic E-state index is 12.0. The third-order valence-electron chi connectivity index (χ3n) is 4.37. The molecule has 1 fully saturated rings. The first-order chi connectivity index (χ1) is 9.86. The zero-order chi connectivity index (χ0) is 15.7. The minimum atomic E-state index is -0.555. The molecule has 21 heavy (non-hydrogen) atoms. The first-order valence-corrected chi connectivity index (χ1v) is 8.18. The van der Waals surface area contributed by atoms with Crippen LogP contribution in [-0.2, 0) is 0 Å². The number of primary amides is 1. The number of amides is 1. The largest absolute Gasteiger partial charge is 0.397 e. The molecule has 1 amide bonds. The Bertz CT molecular complexity index is 568. The molecular formula is C15H23N3O2S. The predicted octanol–water partition coefficient (Wildman–Crippen LogP) is 2.50. The van der Waals surface area contributed by atoms with E-state index in [0.717, 1.165) is 24.5 Å². The maximum Gasteiger partial charge on any atom is 0.253 e. The molecule has 1 saturated heterocycles. The van der Waals surface area contributed by atoms with Crippen molar-refractivity contribution in [2.45, 2.75) is 33.6 Å². The van der Waals surface area contributed by atoms with E-state index in [4.69, 9.17) is 11.5 Å². The van der Waals surface area contributed by atoms with Crippen LogP contribution in [0.1, 0.15) is 53.6 Å². The van der Waals surface area contributed by atoms with Crippen molar-refractivity contribution in [2.24, 2.45) is 17.6 Å². The normalized spacial score (nSPS) is 22.3. The van der Waals surface area contributed by atoms with Crippen molar-refractivity contribution in [1.29, 1.82) is 0 Å². The molecule has 6 heteroatoms. The molecule has 0 saturated carbocycles. The zero-order valence-corrected chi connectivity index (χ0v) is 13.6. The van der Waals surface area contributed by atoms with Gasteiger partial charge in [-0.3, -0.25) is 9.59 Å². The number of ketones is 1. The van der Waals surface area contributed by atoms with E-state index in [-0.39, 0.29) is 11.5 Å². The molecule has 116 valence electrons. The fourth-order valence-corrected chi connectivity index (χ4v) is 3.98. The number of hydrogen-bond acceptors (Lipinski definition) is 5. The molecule has 5 nitrogen and oxygen atoms in total. The number of thiophene rings is 1. The molecule has 2 atom stereocenters. The number of rotatable bonds is 4. The van der Waals surface area contributed by atoms with Crippen LogP contribution in [0, 0.1) is 11.8 Å². The van der Waals surface area contributed by atoms with E-state index in [0.29, 0.717) is 28.7 Å². The summed E-state index contributed by atoms with van der Waals surface area (Å²) in [7, 11) is 0. The summed E-state index contributed by atoms with van der Waals surface area (Å²) in [6, 6.07) is 0. The number of nitrogens with zero attached hydrogens (tertiary/aromatic N) is 1. The van der Waals surface area contributed by atoms with E-state index in [2.05, 4.69) is 18.7 Å². The molecule has 2 unspecified atom stereocenters. The number of nitrogen functional groups attached to an aromatic ring is 1. The topological polar surface area (TPSA) is 89.4 Å². The monoisotopic (exact) mass is 309 g/mol. The fourth-order valence-electron chi connectivity index (χ4n) is 2.71. The number of piperidine rings is 1. The van der Waals surface area contributed by atoms with Gasteiger partial charge in [0, 0.05) is 19.5 Å². The van der Waals surface area contributed by atoms with Gasteiger partial charge < -0.3 is 16.4 Å². The maximum absolute atomic E-state index is 12.0. The van der Waals surface area contributed by atoms with E-state index in [1.54, 1.807) is 6.92 Å². The first-order valence-electron chi connectivity index (χ1n) is 7.37. The van der Waals surface area contributed by atoms with Crippen LogP contribution in [0.25, 0.3) is 0 Å². The van der Waals surface area contributed by atoms with Crippen LogP contribution in [0.15, 0.2) is 0 Å². The average Bonchev–Trinajstić information content (AvgIpc) is 2.78. The second-order valence-electron chi connectivity index (χ2n) is 5.86. The Balaban J connectivity index is 2.43. The summed E-state index contributed by atoms with van der Waals surface area (Å²) in [6.45, 7) is 7.96. The molecule has 2 heterocycles. The van der Waals surface area contributed by atoms with Crippen molar-refractivity contribution >= 4 is 33.7 Å². The Labute approximate surface area is 129 Å². The summed E-state index contributed by atoms with van der Waals surface area (Å²) >= 11 is 1.31. The van der Waals surface area contributed by atoms with Crippen molar-refractivity contribution in [3.8, 4) is 0 Å². The van der Waals surface area contributed by atoms with Gasteiger partial charge in [-0.25, -0.2) is 0 Å². The lowest BCUT2D eigenvalue weighted by Gasteiger charge is -2.36. The molecule has 0 aromatic carbocycles. The zero-order valence-electron chi connectivity index (χ0n) is 12.8. The Morgan fingerprint density at radius 3 is 2.52 bits per heavy atom. The number of carbonyl (C=O) groups is 2. The Morgan fingerprint density at radius 2 is 2.00 bits per heavy atom. The Morgan fingerprint density at radius 1 is 1.33 bits per heavy atom. The second kappa shape index (κ2) is 6.05. The number of nitrogens with two attached hydrogens (primary N) is 2. The lowest BCUT2D eigenvalue weighted by atomic mass is 9.89. The molecule has 4 N–H and O–H groups in total. The van der Waals surface area contributed by atoms with Crippen LogP contribution >= 0.6 is 11.3 Å². The standard InChI is InChI=1S/C15H23N3O2S/c1-4-10(19)13-12(16)11(14(17)20)15(21-13)18-6-5-8(2)9(3)7-18/h8-9H,4-7,16H2,1-3H3,(H2,17,20). The summed E-state index contributed by atoms with van der Waals surface area (Å²) in [4.78, 5) is 26.4. The third kappa shape index (κ3) is 2.90. The highest BCUT2D eigenvalue weighted by molar-refractivity contribution is 7.19. The molecule has 1 aliphatic heterocycles. The van der Waals surface area contributed by atoms with Crippen LogP contribution in [-0.4, -0.2) is 24.8 Å². The quantitative estimate of drug-likeness (QED) is 0.836. The number of carbonyl (C=O) groups excluding carboxylic acids is 2. The lowest BCUT2D eigenvalue weighted by molar-refractivity contribution is 0.0991. The van der Waals surface area contributed by atoms with Crippen LogP contribution in [0.3, 0.4) is 0 Å². The van der Waals surface area contributed by atoms with Gasteiger partial charge >= 0.3 is 0 Å². The molecule has 0 spiro atoms. The second-order valence-corrected chi connectivity index (χ2v) is 6.85. The van der Waals surface area contributed by atoms with Crippen LogP contribution in [0.5, 0.6) is 0 Å². The summed E-state index contributed by atoms with van der Waals surface area (Å²) in [6.07, 6.45) is 1.43. The predicted molar refractivity (Wildman–Crippen MR) is 87.0 cm³/mol. The van der Waals surface area contributed by atoms with Crippen molar-refractivity contribution in [2.75, 3.05) is 23.7 Å². The van der Waals surface area contributed by atoms with Crippen molar-refractivity contribution in [3.63, 3.8) is 0 Å². The lowest BCUT2D eigenvalue weighted by Crippen LogP contribution is -2.38. The van der Waals surface area contributed by atoms with Gasteiger partial charge in [-0.15, -0.1) is 11.3 Å². The van der Waals surface area contributed by atoms with Gasteiger partial charge in [0.05, 0.1) is 16.1 Å². The van der Waals surface area contributed by atoms with E-state index in [9.17, 15) is 9.59 Å². The molecular weight excluding hydrogens is 286 g/mol. The van der Waals surface area contributed by atoms with Crippen molar-refractivity contribution in [3.05, 3.63) is 10.4 Å². The SMILES string of the molecule is CCC(=O)c1sc(N2CCC(C)C(C)C2)c(C(N)=O)c1N. The van der Waals surface area contributed by atoms with Gasteiger partial charge in [-0.1, -0.05) is 20.8 Å². The molecule has 1 aromatic rings. The summed E-state index contributed by atoms with van der Waals surface area (Å²) in [5, 5.41) is 0.760. The van der Waals surface area contributed by atoms with Gasteiger partial charge in [-0.2, -0.15) is 0 Å². The van der Waals surface area contributed by atoms with E-state index < -0.39 is 5.91 Å². The fraction of sp³-hybridized carbons (Fsp3) is 0.600. The minimum absolute atomic E-state index is 0.0373. The van der Waals surface area contributed by atoms with Gasteiger partial charge in [0.25, 0.3) is 5.91 Å². The van der Waals surface area contributed by atoms with Gasteiger partial charge in [0.15, 0.2) is 5.78 Å². The smallest absolute Gasteiger partial charge is 0.253 e. The van der Waals surface area contributed by atoms with Gasteiger partial charge in [0.1, 0.15) is 5.00 Å². The highest BCUT2D eigenvalue weighted by atomic mass is 32.1. The van der Waals surface area contributed by atoms with Crippen LogP contribution < -0.4 is 16.4 Å². The molecule has 1 aromatic heterocycles. The molecule has 1 aliphatic rings. The summed E-state index contributed by atoms with van der Waals surface area (Å²) in [5.74, 6) is 0.602. The highest BCUT2D eigenvalue weighted by Gasteiger charge is 2.30. The Kier molecular flexibility index (Phi) is 4.56. The van der Waals surface area contributed by atoms with E-state index in [1.165, 1.54) is 11.3 Å². The highest BCUT2D eigenvalue weighted by Crippen LogP contribution is 2.40. The van der Waals surface area contributed by atoms with Crippen molar-refractivity contribution < 1.29 is 9.59 Å². The number of anilines is 2. The first kappa shape index (κ1) is 15.8. The number of Topliss-reactive ketones (excluding diaryl/α,β-unsaturated/α-hetero) is 1. The number of hydrogen-bond donors (Lipinski definition) is 2. The Hall–Kier alpha value is -1.56. The van der Waals surface area contributed by atoms with E-state index in [1.807, 2.05) is 0 Å². The average molecular weight is 309 g/mol. The van der Waals surface area contributed by atoms with Crippen LogP contribution in [0.2, 0.25) is 0 Å². The minimum Gasteiger partial charge on any atom is -0.397 e. The third-order valence-corrected chi connectivity index (χ3v) is 5.68. The van der Waals surface area contributed by atoms with Crippen LogP contribution in [0.4, 0.5) is 10.7 Å². The molecule has 0 aliphatic carbocycles. The summed E-state index contributed by atoms with van der Waals surface area (Å²) in [5.41, 5.74) is 12.1.